The van der Waals surface area contributed by atoms with Crippen LogP contribution in [0.2, 0.25) is 0 Å². The Balaban J connectivity index is 1.41. The van der Waals surface area contributed by atoms with E-state index in [0.29, 0.717) is 47.9 Å². The largest absolute Gasteiger partial charge is 0.508 e. The predicted molar refractivity (Wildman–Crippen MR) is 343 cm³/mol. The molecule has 1 heterocycles. The highest BCUT2D eigenvalue weighted by Crippen LogP contribution is 2.22. The number of rotatable bonds is 38. The molecule has 0 aliphatic carbocycles. The molecule has 94 heavy (non-hydrogen) atoms. The number of amides is 10. The van der Waals surface area contributed by atoms with E-state index in [-0.39, 0.29) is 75.5 Å². The van der Waals surface area contributed by atoms with Crippen LogP contribution in [0.3, 0.4) is 0 Å². The summed E-state index contributed by atoms with van der Waals surface area (Å²) in [6.07, 6.45) is -0.100. The third-order valence-corrected chi connectivity index (χ3v) is 15.6. The molecule has 18 N–H and O–H groups in total. The van der Waals surface area contributed by atoms with Gasteiger partial charge in [0.1, 0.15) is 65.9 Å². The van der Waals surface area contributed by atoms with Crippen molar-refractivity contribution in [3.05, 3.63) is 131 Å². The van der Waals surface area contributed by atoms with E-state index in [1.54, 1.807) is 72.8 Å². The molecule has 0 saturated carbocycles. The van der Waals surface area contributed by atoms with E-state index in [1.807, 2.05) is 20.8 Å². The van der Waals surface area contributed by atoms with Crippen LogP contribution in [-0.4, -0.2) is 170 Å². The predicted octanol–water partition coefficient (Wildman–Crippen LogP) is -0.0250. The summed E-state index contributed by atoms with van der Waals surface area (Å²) in [6.45, 7) is 5.83. The lowest BCUT2D eigenvalue weighted by atomic mass is 9.99. The number of aromatic hydroxyl groups is 2. The second kappa shape index (κ2) is 37.5. The Hall–Kier alpha value is -9.96. The van der Waals surface area contributed by atoms with Gasteiger partial charge in [-0.2, -0.15) is 0 Å². The highest BCUT2D eigenvalue weighted by molar-refractivity contribution is 6.00. The molecule has 0 spiro atoms. The summed E-state index contributed by atoms with van der Waals surface area (Å²) in [6, 6.07) is 13.4. The van der Waals surface area contributed by atoms with Crippen molar-refractivity contribution in [2.24, 2.45) is 23.1 Å². The maximum absolute atomic E-state index is 15.1. The van der Waals surface area contributed by atoms with E-state index < -0.39 is 144 Å². The lowest BCUT2D eigenvalue weighted by Gasteiger charge is -2.31. The number of hydrogen-bond donors (Lipinski definition) is 15. The van der Waals surface area contributed by atoms with Crippen LogP contribution in [0.4, 0.5) is 0 Å². The second-order valence-corrected chi connectivity index (χ2v) is 23.7. The maximum Gasteiger partial charge on any atom is 0.326 e. The minimum atomic E-state index is -1.98. The van der Waals surface area contributed by atoms with Crippen LogP contribution >= 0.6 is 0 Å². The number of benzene rings is 4. The van der Waals surface area contributed by atoms with Gasteiger partial charge < -0.3 is 85.1 Å². The van der Waals surface area contributed by atoms with E-state index in [1.165, 1.54) is 41.3 Å². The van der Waals surface area contributed by atoms with Crippen molar-refractivity contribution in [2.45, 2.75) is 171 Å². The molecule has 0 bridgehead atoms. The first-order chi connectivity index (χ1) is 44.7. The third-order valence-electron chi connectivity index (χ3n) is 15.6. The number of nitrogens with zero attached hydrogens (tertiary/aromatic N) is 1. The molecule has 0 aromatic heterocycles. The molecule has 1 aliphatic heterocycles. The molecule has 10 atom stereocenters. The first-order valence-electron chi connectivity index (χ1n) is 31.3. The fraction of sp³-hybridized carbons (Fsp3) is 0.455. The van der Waals surface area contributed by atoms with E-state index in [9.17, 15) is 73.2 Å². The van der Waals surface area contributed by atoms with Crippen molar-refractivity contribution in [1.29, 1.82) is 0 Å². The van der Waals surface area contributed by atoms with Gasteiger partial charge in [-0.15, -0.1) is 0 Å². The van der Waals surface area contributed by atoms with Crippen LogP contribution in [0.15, 0.2) is 109 Å². The molecule has 508 valence electrons. The van der Waals surface area contributed by atoms with Gasteiger partial charge in [0, 0.05) is 32.2 Å². The molecule has 0 radical (unpaired) electrons. The summed E-state index contributed by atoms with van der Waals surface area (Å²) >= 11 is 0. The molecule has 0 unspecified atom stereocenters. The third kappa shape index (κ3) is 24.6. The van der Waals surface area contributed by atoms with Crippen molar-refractivity contribution in [1.82, 2.24) is 47.4 Å². The Morgan fingerprint density at radius 3 is 1.40 bits per heavy atom. The normalized spacial score (nSPS) is 15.6. The minimum Gasteiger partial charge on any atom is -0.508 e. The van der Waals surface area contributed by atoms with Crippen molar-refractivity contribution < 1.29 is 78.0 Å². The van der Waals surface area contributed by atoms with Gasteiger partial charge >= 0.3 is 11.9 Å². The lowest BCUT2D eigenvalue weighted by Crippen LogP contribution is -2.61. The van der Waals surface area contributed by atoms with Crippen LogP contribution in [0.25, 0.3) is 0 Å². The molecule has 28 heteroatoms. The molecule has 4 aromatic rings. The quantitative estimate of drug-likeness (QED) is 0.0280. The Kier molecular flexibility index (Phi) is 29.8. The van der Waals surface area contributed by atoms with Gasteiger partial charge in [0.25, 0.3) is 0 Å². The number of primary amides is 1. The van der Waals surface area contributed by atoms with E-state index in [0.717, 1.165) is 6.42 Å². The van der Waals surface area contributed by atoms with E-state index >= 15 is 4.79 Å². The molecule has 1 saturated heterocycles. The fourth-order valence-corrected chi connectivity index (χ4v) is 10.6. The molecular formula is C66H88N12O16. The molecule has 1 aliphatic rings. The lowest BCUT2D eigenvalue weighted by molar-refractivity contribution is -0.144. The minimum absolute atomic E-state index is 0.0223. The summed E-state index contributed by atoms with van der Waals surface area (Å²) in [7, 11) is 0. The fourth-order valence-electron chi connectivity index (χ4n) is 10.6. The zero-order valence-electron chi connectivity index (χ0n) is 52.9. The summed E-state index contributed by atoms with van der Waals surface area (Å²) in [4.78, 5) is 167. The van der Waals surface area contributed by atoms with E-state index in [4.69, 9.17) is 17.2 Å². The first-order valence-corrected chi connectivity index (χ1v) is 31.3. The average Bonchev–Trinajstić information content (AvgIpc) is 1.57. The number of phenolic OH excluding ortho intramolecular Hbond substituents is 2. The monoisotopic (exact) mass is 1300 g/mol. The first kappa shape index (κ1) is 74.8. The van der Waals surface area contributed by atoms with Gasteiger partial charge in [0.2, 0.25) is 59.1 Å². The number of unbranched alkanes of at least 4 members (excludes halogenated alkanes) is 1. The van der Waals surface area contributed by atoms with Gasteiger partial charge in [-0.25, -0.2) is 4.79 Å². The number of carbonyl (C=O) groups excluding carboxylic acids is 10. The molecular weight excluding hydrogens is 1220 g/mol. The van der Waals surface area contributed by atoms with Crippen LogP contribution in [0.1, 0.15) is 107 Å². The number of nitrogens with two attached hydrogens (primary N) is 3. The summed E-state index contributed by atoms with van der Waals surface area (Å²) in [5, 5.41) is 60.0. The number of carbonyl (C=O) groups is 12. The number of phenols is 2. The van der Waals surface area contributed by atoms with Crippen molar-refractivity contribution in [3.8, 4) is 11.5 Å². The Bertz CT molecular complexity index is 3230. The molecule has 28 nitrogen and oxygen atoms in total. The van der Waals surface area contributed by atoms with E-state index in [2.05, 4.69) is 42.5 Å². The SMILES string of the molecule is CCCC[C@H](N)C(=O)N[C@@H](CCCN)C(=O)N[C@@H](CC(C)C)C(=O)N[C@@H](Cc1ccc(O)cc1)C(=O)N1CCC[C@H]1C(=O)N[C@@H](Cc1ccccc1)C(=O)N[C@@H](Cc1ccccc1)C(=O)N[C@@H](CC(N)=O)C(=O)N[C@@H](CC(=O)O)C(=O)N[C@@H](Cc1ccc(O)cc1)C(=O)O. The number of aliphatic carboxylic acids is 2. The number of likely N-dealkylation sites (tertiary alicyclic amines) is 1. The van der Waals surface area contributed by atoms with Gasteiger partial charge in [0.05, 0.1) is 18.9 Å². The smallest absolute Gasteiger partial charge is 0.326 e. The van der Waals surface area contributed by atoms with Crippen LogP contribution in [-0.2, 0) is 83.2 Å². The number of nitrogens with one attached hydrogen (secondary N) is 8. The highest BCUT2D eigenvalue weighted by atomic mass is 16.4. The van der Waals surface area contributed by atoms with Crippen molar-refractivity contribution >= 4 is 71.0 Å². The number of carboxylic acid groups (broad SMARTS) is 2. The Morgan fingerprint density at radius 2 is 0.915 bits per heavy atom. The van der Waals surface area contributed by atoms with Gasteiger partial charge in [0.15, 0.2) is 0 Å². The summed E-state index contributed by atoms with van der Waals surface area (Å²) in [5.74, 6) is -12.7. The van der Waals surface area contributed by atoms with Gasteiger partial charge in [-0.3, -0.25) is 52.7 Å². The van der Waals surface area contributed by atoms with Crippen molar-refractivity contribution in [2.75, 3.05) is 13.1 Å². The molecule has 10 amide bonds. The molecule has 4 aromatic carbocycles. The topological polar surface area (TPSA) is 463 Å². The highest BCUT2D eigenvalue weighted by Gasteiger charge is 2.41. The van der Waals surface area contributed by atoms with Gasteiger partial charge in [-0.05, 0) is 97.5 Å². The average molecular weight is 1310 g/mol. The standard InChI is InChI=1S/C66H88N12O16/c1-4-5-18-45(68)57(84)70-46(19-12-29-67)58(85)71-47(31-38(2)3)59(86)76-52(34-41-21-25-43(79)26-22-41)65(92)78-30-13-20-54(78)64(91)75-49(33-40-16-10-7-11-17-40)61(88)72-48(32-39-14-8-6-9-15-39)60(87)73-50(36-55(69)81)62(89)74-51(37-56(82)83)63(90)77-53(66(93)94)35-42-23-27-44(80)28-24-42/h6-11,14-17,21-28,38,45-54,79-80H,4-5,12-13,18-20,29-37,67-68H2,1-3H3,(H2,69,81)(H,70,84)(H,71,85)(H,72,88)(H,73,87)(H,74,89)(H,75,91)(H,76,86)(H,77,90)(H,82,83)(H,93,94)/t45-,46-,47-,48-,49-,50-,51-,52-,53-,54-/m0/s1. The van der Waals surface area contributed by atoms with Crippen molar-refractivity contribution in [3.63, 3.8) is 0 Å². The Morgan fingerprint density at radius 1 is 0.500 bits per heavy atom. The second-order valence-electron chi connectivity index (χ2n) is 23.7. The number of carboxylic acids is 2. The number of hydrogen-bond acceptors (Lipinski definition) is 16. The Labute approximate surface area is 544 Å². The summed E-state index contributed by atoms with van der Waals surface area (Å²) < 4.78 is 0. The van der Waals surface area contributed by atoms with Gasteiger partial charge in [-0.1, -0.05) is 119 Å². The van der Waals surface area contributed by atoms with Crippen LogP contribution in [0.5, 0.6) is 11.5 Å². The molecule has 1 fully saturated rings. The summed E-state index contributed by atoms with van der Waals surface area (Å²) in [5.41, 5.74) is 19.4. The zero-order valence-corrected chi connectivity index (χ0v) is 52.9. The van der Waals surface area contributed by atoms with Crippen LogP contribution < -0.4 is 59.7 Å². The maximum atomic E-state index is 15.1. The molecule has 5 rings (SSSR count). The van der Waals surface area contributed by atoms with Crippen LogP contribution in [0, 0.1) is 5.92 Å². The zero-order chi connectivity index (χ0) is 69.0.